The molecule has 14 heavy (non-hydrogen) atoms. The predicted molar refractivity (Wildman–Crippen MR) is 58.8 cm³/mol. The van der Waals surface area contributed by atoms with Gasteiger partial charge in [0.2, 0.25) is 0 Å². The van der Waals surface area contributed by atoms with Crippen LogP contribution in [0.25, 0.3) is 0 Å². The van der Waals surface area contributed by atoms with E-state index < -0.39 is 0 Å². The van der Waals surface area contributed by atoms with Gasteiger partial charge < -0.3 is 4.98 Å². The Labute approximate surface area is 101 Å². The Hall–Kier alpha value is -0.864. The van der Waals surface area contributed by atoms with Crippen molar-refractivity contribution in [2.45, 2.75) is 6.92 Å². The molecule has 0 amide bonds. The molecule has 1 nitrogen and oxygen atoms in total. The second kappa shape index (κ2) is 8.72. The minimum atomic E-state index is 0. The van der Waals surface area contributed by atoms with Crippen LogP contribution in [-0.2, 0) is 0 Å². The summed E-state index contributed by atoms with van der Waals surface area (Å²) in [6, 6.07) is 16.3. The van der Waals surface area contributed by atoms with Crippen molar-refractivity contribution in [3.05, 3.63) is 66.5 Å². The van der Waals surface area contributed by atoms with Crippen molar-refractivity contribution < 1.29 is 0 Å². The van der Waals surface area contributed by atoms with Crippen molar-refractivity contribution >= 4 is 23.1 Å². The monoisotopic (exact) mass is 193 g/mol. The van der Waals surface area contributed by atoms with E-state index in [1.807, 2.05) is 49.4 Å². The molecule has 0 aliphatic heterocycles. The van der Waals surface area contributed by atoms with E-state index in [-0.39, 0.29) is 23.1 Å². The van der Waals surface area contributed by atoms with E-state index in [2.05, 4.69) is 17.2 Å². The number of aromatic nitrogens is 1. The van der Waals surface area contributed by atoms with Crippen LogP contribution in [0.1, 0.15) is 5.56 Å². The SMILES string of the molecule is Cc1c[c-]ncc1.[Mg+2].[c-]1ccccc1. The predicted octanol–water partition coefficient (Wildman–Crippen LogP) is 2.30. The van der Waals surface area contributed by atoms with Gasteiger partial charge in [-0.05, 0) is 0 Å². The summed E-state index contributed by atoms with van der Waals surface area (Å²) in [7, 11) is 0. The molecule has 0 N–H and O–H groups in total. The fraction of sp³-hybridized carbons (Fsp3) is 0.0833. The van der Waals surface area contributed by atoms with Crippen LogP contribution in [0.5, 0.6) is 0 Å². The van der Waals surface area contributed by atoms with E-state index in [0.717, 1.165) is 0 Å². The van der Waals surface area contributed by atoms with Gasteiger partial charge in [-0.2, -0.15) is 54.1 Å². The summed E-state index contributed by atoms with van der Waals surface area (Å²) in [6.07, 6.45) is 4.44. The number of nitrogens with zero attached hydrogens (tertiary/aromatic N) is 1. The third-order valence-electron chi connectivity index (χ3n) is 1.39. The van der Waals surface area contributed by atoms with E-state index in [1.54, 1.807) is 6.20 Å². The molecule has 0 bridgehead atoms. The maximum atomic E-state index is 3.72. The summed E-state index contributed by atoms with van der Waals surface area (Å²) in [6.45, 7) is 2.01. The molecule has 0 radical (unpaired) electrons. The number of benzene rings is 1. The first-order valence-corrected chi connectivity index (χ1v) is 4.09. The number of aryl methyl sites for hydroxylation is 1. The Morgan fingerprint density at radius 1 is 1.14 bits per heavy atom. The second-order valence-corrected chi connectivity index (χ2v) is 2.54. The zero-order chi connectivity index (χ0) is 9.36. The molecule has 0 spiro atoms. The summed E-state index contributed by atoms with van der Waals surface area (Å²) < 4.78 is 0. The van der Waals surface area contributed by atoms with Crippen LogP contribution in [0.15, 0.2) is 48.7 Å². The number of hydrogen-bond acceptors (Lipinski definition) is 1. The van der Waals surface area contributed by atoms with Gasteiger partial charge >= 0.3 is 23.1 Å². The molecule has 66 valence electrons. The topological polar surface area (TPSA) is 12.9 Å². The fourth-order valence-corrected chi connectivity index (χ4v) is 0.727. The molecule has 0 unspecified atom stereocenters. The second-order valence-electron chi connectivity index (χ2n) is 2.54. The summed E-state index contributed by atoms with van der Waals surface area (Å²) in [5, 5.41) is 0. The van der Waals surface area contributed by atoms with Crippen molar-refractivity contribution in [1.29, 1.82) is 0 Å². The van der Waals surface area contributed by atoms with E-state index >= 15 is 0 Å². The van der Waals surface area contributed by atoms with Gasteiger partial charge in [-0.3, -0.25) is 0 Å². The fourth-order valence-electron chi connectivity index (χ4n) is 0.727. The number of rotatable bonds is 0. The molecule has 0 saturated heterocycles. The summed E-state index contributed by atoms with van der Waals surface area (Å²) in [5.74, 6) is 0. The van der Waals surface area contributed by atoms with Crippen molar-refractivity contribution in [1.82, 2.24) is 4.98 Å². The molecule has 0 aliphatic carbocycles. The molecule has 0 saturated carbocycles. The average Bonchev–Trinajstić information content (AvgIpc) is 2.22. The van der Waals surface area contributed by atoms with E-state index in [4.69, 9.17) is 0 Å². The first-order chi connectivity index (χ1) is 6.39. The average molecular weight is 194 g/mol. The summed E-state index contributed by atoms with van der Waals surface area (Å²) in [4.78, 5) is 3.72. The normalized spacial score (nSPS) is 7.79. The van der Waals surface area contributed by atoms with Gasteiger partial charge in [-0.15, -0.1) is 0 Å². The van der Waals surface area contributed by atoms with Gasteiger partial charge in [-0.25, -0.2) is 0 Å². The Morgan fingerprint density at radius 3 is 2.07 bits per heavy atom. The zero-order valence-electron chi connectivity index (χ0n) is 8.27. The van der Waals surface area contributed by atoms with Gasteiger partial charge in [0.15, 0.2) is 0 Å². The summed E-state index contributed by atoms with van der Waals surface area (Å²) in [5.41, 5.74) is 1.20. The van der Waals surface area contributed by atoms with Crippen molar-refractivity contribution in [3.63, 3.8) is 0 Å². The van der Waals surface area contributed by atoms with Crippen LogP contribution in [0.4, 0.5) is 0 Å². The number of hydrogen-bond donors (Lipinski definition) is 0. The Bertz CT molecular complexity index is 281. The first kappa shape index (κ1) is 13.1. The minimum Gasteiger partial charge on any atom is -0.394 e. The molecule has 1 heterocycles. The molecule has 0 aliphatic rings. The molecule has 1 aromatic carbocycles. The standard InChI is InChI=1S/C6H6N.C6H5.Mg/c1-6-2-4-7-5-3-6;1-2-4-6-5-3-1;/h2-4H,1H3;1-5H;/q2*-1;+2. The third kappa shape index (κ3) is 6.63. The smallest absolute Gasteiger partial charge is 0.394 e. The molecule has 0 fully saturated rings. The maximum Gasteiger partial charge on any atom is 2.00 e. The quantitative estimate of drug-likeness (QED) is 0.462. The van der Waals surface area contributed by atoms with Crippen LogP contribution in [-0.4, -0.2) is 28.0 Å². The molecule has 2 aromatic rings. The minimum absolute atomic E-state index is 0. The molecular weight excluding hydrogens is 182 g/mol. The van der Waals surface area contributed by atoms with E-state index in [1.165, 1.54) is 5.56 Å². The Balaban J connectivity index is 0.000000227. The van der Waals surface area contributed by atoms with Gasteiger partial charge in [0.25, 0.3) is 0 Å². The van der Waals surface area contributed by atoms with Crippen molar-refractivity contribution in [3.8, 4) is 0 Å². The molecule has 0 atom stereocenters. The van der Waals surface area contributed by atoms with E-state index in [9.17, 15) is 0 Å². The largest absolute Gasteiger partial charge is 2.00 e. The Morgan fingerprint density at radius 2 is 1.86 bits per heavy atom. The van der Waals surface area contributed by atoms with Crippen LogP contribution in [0.2, 0.25) is 0 Å². The molecular formula is C12H11MgN. The van der Waals surface area contributed by atoms with Crippen LogP contribution in [0.3, 0.4) is 0 Å². The zero-order valence-corrected chi connectivity index (χ0v) is 9.69. The van der Waals surface area contributed by atoms with Gasteiger partial charge in [-0.1, -0.05) is 19.3 Å². The van der Waals surface area contributed by atoms with Crippen LogP contribution < -0.4 is 0 Å². The number of pyridine rings is 1. The maximum absolute atomic E-state index is 3.72. The van der Waals surface area contributed by atoms with Gasteiger partial charge in [0.1, 0.15) is 0 Å². The van der Waals surface area contributed by atoms with Gasteiger partial charge in [0.05, 0.1) is 0 Å². The van der Waals surface area contributed by atoms with E-state index in [0.29, 0.717) is 0 Å². The molecule has 1 aromatic heterocycles. The molecule has 2 rings (SSSR count). The third-order valence-corrected chi connectivity index (χ3v) is 1.39. The summed E-state index contributed by atoms with van der Waals surface area (Å²) >= 11 is 0. The molecule has 2 heteroatoms. The van der Waals surface area contributed by atoms with Crippen molar-refractivity contribution in [2.24, 2.45) is 0 Å². The first-order valence-electron chi connectivity index (χ1n) is 4.09. The van der Waals surface area contributed by atoms with Crippen molar-refractivity contribution in [2.75, 3.05) is 0 Å². The Kier molecular flexibility index (Phi) is 8.18. The van der Waals surface area contributed by atoms with Crippen LogP contribution in [0, 0.1) is 19.2 Å². The van der Waals surface area contributed by atoms with Crippen LogP contribution >= 0.6 is 0 Å². The van der Waals surface area contributed by atoms with Gasteiger partial charge in [0, 0.05) is 0 Å².